The van der Waals surface area contributed by atoms with Gasteiger partial charge in [0, 0.05) is 23.2 Å². The number of tetrazole rings is 1. The van der Waals surface area contributed by atoms with Crippen molar-refractivity contribution in [2.45, 2.75) is 57.8 Å². The third-order valence-electron chi connectivity index (χ3n) is 5.97. The largest absolute Gasteiger partial charge is 0.352 e. The van der Waals surface area contributed by atoms with E-state index in [1.807, 2.05) is 0 Å². The fraction of sp³-hybridized carbons (Fsp3) is 0.375. The Labute approximate surface area is 202 Å². The lowest BCUT2D eigenvalue weighted by Crippen LogP contribution is -2.50. The standard InChI is InChI=1S/C24H26ClFN6O2/c1-16(24(34)27-21-4-2-3-5-21)31(14-17-6-12-20(26)13-7-17)22(33)15-32-29-23(28-30-32)18-8-10-19(25)11-9-18/h6-13,16,21H,2-5,14-15H2,1H3,(H,27,34). The van der Waals surface area contributed by atoms with Crippen molar-refractivity contribution in [2.24, 2.45) is 0 Å². The van der Waals surface area contributed by atoms with Gasteiger partial charge in [-0.3, -0.25) is 9.59 Å². The maximum absolute atomic E-state index is 13.4. The van der Waals surface area contributed by atoms with Crippen LogP contribution in [0.5, 0.6) is 0 Å². The van der Waals surface area contributed by atoms with Gasteiger partial charge in [0.25, 0.3) is 0 Å². The van der Waals surface area contributed by atoms with Crippen LogP contribution in [0.15, 0.2) is 48.5 Å². The highest BCUT2D eigenvalue weighted by Gasteiger charge is 2.29. The van der Waals surface area contributed by atoms with Gasteiger partial charge in [0.2, 0.25) is 17.6 Å². The molecule has 0 aliphatic heterocycles. The number of nitrogens with one attached hydrogen (secondary N) is 1. The van der Waals surface area contributed by atoms with Crippen LogP contribution in [0.3, 0.4) is 0 Å². The quantitative estimate of drug-likeness (QED) is 0.527. The zero-order valence-corrected chi connectivity index (χ0v) is 19.6. The van der Waals surface area contributed by atoms with Crippen molar-refractivity contribution in [3.63, 3.8) is 0 Å². The SMILES string of the molecule is CC(C(=O)NC1CCCC1)N(Cc1ccc(F)cc1)C(=O)Cn1nnc(-c2ccc(Cl)cc2)n1. The number of amides is 2. The first kappa shape index (κ1) is 23.8. The highest BCUT2D eigenvalue weighted by atomic mass is 35.5. The first-order chi connectivity index (χ1) is 16.4. The highest BCUT2D eigenvalue weighted by Crippen LogP contribution is 2.19. The minimum atomic E-state index is -0.725. The lowest BCUT2D eigenvalue weighted by Gasteiger charge is -2.29. The van der Waals surface area contributed by atoms with Gasteiger partial charge in [-0.2, -0.15) is 4.80 Å². The number of hydrogen-bond acceptors (Lipinski definition) is 5. The van der Waals surface area contributed by atoms with E-state index in [9.17, 15) is 14.0 Å². The first-order valence-electron chi connectivity index (χ1n) is 11.3. The Balaban J connectivity index is 1.50. The molecule has 34 heavy (non-hydrogen) atoms. The molecule has 178 valence electrons. The van der Waals surface area contributed by atoms with Crippen LogP contribution in [-0.2, 0) is 22.7 Å². The van der Waals surface area contributed by atoms with Crippen LogP contribution in [0.4, 0.5) is 4.39 Å². The molecule has 1 heterocycles. The molecule has 8 nitrogen and oxygen atoms in total. The molecular weight excluding hydrogens is 459 g/mol. The molecule has 4 rings (SSSR count). The molecule has 1 aliphatic rings. The molecule has 0 radical (unpaired) electrons. The second kappa shape index (κ2) is 10.7. The second-order valence-electron chi connectivity index (χ2n) is 8.46. The van der Waals surface area contributed by atoms with Crippen molar-refractivity contribution in [3.05, 3.63) is 64.9 Å². The molecule has 1 N–H and O–H groups in total. The lowest BCUT2D eigenvalue weighted by molar-refractivity contribution is -0.141. The molecule has 1 atom stereocenters. The number of carbonyl (C=O) groups is 2. The Kier molecular flexibility index (Phi) is 7.52. The molecule has 2 aromatic carbocycles. The average Bonchev–Trinajstić information content (AvgIpc) is 3.51. The van der Waals surface area contributed by atoms with Crippen molar-refractivity contribution in [3.8, 4) is 11.4 Å². The Hall–Kier alpha value is -3.33. The van der Waals surface area contributed by atoms with Gasteiger partial charge in [0.15, 0.2) is 0 Å². The average molecular weight is 485 g/mol. The number of carbonyl (C=O) groups excluding carboxylic acids is 2. The van der Waals surface area contributed by atoms with E-state index >= 15 is 0 Å². The Morgan fingerprint density at radius 1 is 1.15 bits per heavy atom. The van der Waals surface area contributed by atoms with E-state index in [2.05, 4.69) is 20.7 Å². The summed E-state index contributed by atoms with van der Waals surface area (Å²) in [5.74, 6) is -0.564. The van der Waals surface area contributed by atoms with Crippen LogP contribution in [0, 0.1) is 5.82 Å². The Bertz CT molecular complexity index is 1130. The number of aromatic nitrogens is 4. The summed E-state index contributed by atoms with van der Waals surface area (Å²) >= 11 is 5.93. The lowest BCUT2D eigenvalue weighted by atomic mass is 10.1. The van der Waals surface area contributed by atoms with Crippen molar-refractivity contribution in [1.29, 1.82) is 0 Å². The van der Waals surface area contributed by atoms with Crippen LogP contribution < -0.4 is 5.32 Å². The zero-order chi connectivity index (χ0) is 24.1. The molecule has 1 fully saturated rings. The number of rotatable bonds is 8. The number of nitrogens with zero attached hydrogens (tertiary/aromatic N) is 5. The third-order valence-corrected chi connectivity index (χ3v) is 6.22. The maximum Gasteiger partial charge on any atom is 0.247 e. The van der Waals surface area contributed by atoms with Crippen LogP contribution in [0.1, 0.15) is 38.2 Å². The van der Waals surface area contributed by atoms with Crippen molar-refractivity contribution >= 4 is 23.4 Å². The Morgan fingerprint density at radius 3 is 2.50 bits per heavy atom. The predicted octanol–water partition coefficient (Wildman–Crippen LogP) is 3.61. The number of hydrogen-bond donors (Lipinski definition) is 1. The number of halogens is 2. The fourth-order valence-corrected chi connectivity index (χ4v) is 4.12. The predicted molar refractivity (Wildman–Crippen MR) is 125 cm³/mol. The summed E-state index contributed by atoms with van der Waals surface area (Å²) in [6, 6.07) is 12.2. The molecule has 1 aromatic heterocycles. The molecule has 3 aromatic rings. The van der Waals surface area contributed by atoms with E-state index in [0.717, 1.165) is 31.2 Å². The molecule has 1 saturated carbocycles. The molecule has 0 saturated heterocycles. The fourth-order valence-electron chi connectivity index (χ4n) is 4.00. The van der Waals surface area contributed by atoms with Crippen molar-refractivity contribution in [1.82, 2.24) is 30.4 Å². The minimum absolute atomic E-state index is 0.136. The summed E-state index contributed by atoms with van der Waals surface area (Å²) in [5, 5.41) is 15.9. The summed E-state index contributed by atoms with van der Waals surface area (Å²) in [6.07, 6.45) is 4.07. The second-order valence-corrected chi connectivity index (χ2v) is 8.90. The first-order valence-corrected chi connectivity index (χ1v) is 11.6. The van der Waals surface area contributed by atoms with Crippen LogP contribution >= 0.6 is 11.6 Å². The van der Waals surface area contributed by atoms with Crippen LogP contribution in [0.2, 0.25) is 5.02 Å². The zero-order valence-electron chi connectivity index (χ0n) is 18.8. The smallest absolute Gasteiger partial charge is 0.247 e. The van der Waals surface area contributed by atoms with E-state index in [1.54, 1.807) is 43.3 Å². The molecular formula is C24H26ClFN6O2. The van der Waals surface area contributed by atoms with Crippen molar-refractivity contribution in [2.75, 3.05) is 0 Å². The molecule has 1 unspecified atom stereocenters. The maximum atomic E-state index is 13.4. The molecule has 0 bridgehead atoms. The summed E-state index contributed by atoms with van der Waals surface area (Å²) in [4.78, 5) is 28.9. The van der Waals surface area contributed by atoms with Crippen LogP contribution in [-0.4, -0.2) is 49.0 Å². The van der Waals surface area contributed by atoms with E-state index in [4.69, 9.17) is 11.6 Å². The van der Waals surface area contributed by atoms with Gasteiger partial charge < -0.3 is 10.2 Å². The van der Waals surface area contributed by atoms with Gasteiger partial charge in [0.1, 0.15) is 18.4 Å². The third kappa shape index (κ3) is 5.96. The van der Waals surface area contributed by atoms with Crippen molar-refractivity contribution < 1.29 is 14.0 Å². The monoisotopic (exact) mass is 484 g/mol. The van der Waals surface area contributed by atoms with Gasteiger partial charge >= 0.3 is 0 Å². The number of benzene rings is 2. The molecule has 10 heteroatoms. The molecule has 1 aliphatic carbocycles. The van der Waals surface area contributed by atoms with E-state index in [-0.39, 0.29) is 36.8 Å². The minimum Gasteiger partial charge on any atom is -0.352 e. The topological polar surface area (TPSA) is 93.0 Å². The van der Waals surface area contributed by atoms with E-state index < -0.39 is 6.04 Å². The summed E-state index contributed by atoms with van der Waals surface area (Å²) in [6.45, 7) is 1.65. The summed E-state index contributed by atoms with van der Waals surface area (Å²) in [7, 11) is 0. The van der Waals surface area contributed by atoms with Crippen LogP contribution in [0.25, 0.3) is 11.4 Å². The van der Waals surface area contributed by atoms with Gasteiger partial charge in [0.05, 0.1) is 0 Å². The van der Waals surface area contributed by atoms with E-state index in [1.165, 1.54) is 21.8 Å². The normalized spacial score (nSPS) is 14.7. The summed E-state index contributed by atoms with van der Waals surface area (Å²) < 4.78 is 13.4. The molecule has 0 spiro atoms. The van der Waals surface area contributed by atoms with Gasteiger partial charge in [-0.05, 0) is 66.9 Å². The highest BCUT2D eigenvalue weighted by molar-refractivity contribution is 6.30. The molecule has 2 amide bonds. The summed E-state index contributed by atoms with van der Waals surface area (Å²) in [5.41, 5.74) is 1.43. The van der Waals surface area contributed by atoms with Gasteiger partial charge in [-0.15, -0.1) is 10.2 Å². The van der Waals surface area contributed by atoms with Gasteiger partial charge in [-0.25, -0.2) is 4.39 Å². The van der Waals surface area contributed by atoms with E-state index in [0.29, 0.717) is 16.4 Å². The van der Waals surface area contributed by atoms with Gasteiger partial charge in [-0.1, -0.05) is 36.6 Å². The Morgan fingerprint density at radius 2 is 1.82 bits per heavy atom.